The monoisotopic (exact) mass is 379 g/mol. The maximum atomic E-state index is 12.4. The number of carbonyl (C=O) groups excluding carboxylic acids is 1. The fourth-order valence-electron chi connectivity index (χ4n) is 3.22. The van der Waals surface area contributed by atoms with Crippen molar-refractivity contribution in [1.82, 2.24) is 30.0 Å². The molecule has 1 aliphatic heterocycles. The van der Waals surface area contributed by atoms with E-state index < -0.39 is 0 Å². The van der Waals surface area contributed by atoms with E-state index in [2.05, 4.69) is 30.3 Å². The van der Waals surface area contributed by atoms with Crippen LogP contribution in [0.15, 0.2) is 42.6 Å². The number of ether oxygens (including phenoxy) is 1. The lowest BCUT2D eigenvalue weighted by Crippen LogP contribution is -2.38. The van der Waals surface area contributed by atoms with Gasteiger partial charge < -0.3 is 15.0 Å². The normalized spacial score (nSPS) is 16.2. The summed E-state index contributed by atoms with van der Waals surface area (Å²) in [6.07, 6.45) is 2.56. The quantitative estimate of drug-likeness (QED) is 0.713. The van der Waals surface area contributed by atoms with Crippen LogP contribution in [0.4, 0.5) is 5.95 Å². The third-order valence-electron chi connectivity index (χ3n) is 4.63. The van der Waals surface area contributed by atoms with E-state index in [4.69, 9.17) is 4.74 Å². The number of nitrogens with one attached hydrogen (secondary N) is 1. The fourth-order valence-corrected chi connectivity index (χ4v) is 3.22. The first-order valence-corrected chi connectivity index (χ1v) is 9.03. The number of aromatic nitrogens is 5. The Kier molecular flexibility index (Phi) is 4.88. The standard InChI is InChI=1S/C19H21N7O2/c1-25-19(28-2)23-16(24-25)17(27)21-14-9-11-26(12-14)18-20-10-8-15(22-18)13-6-4-3-5-7-13/h3-8,10,14H,9,11-12H2,1-2H3,(H,21,27). The molecule has 1 atom stereocenters. The lowest BCUT2D eigenvalue weighted by atomic mass is 10.1. The van der Waals surface area contributed by atoms with Crippen molar-refractivity contribution in [2.45, 2.75) is 12.5 Å². The lowest BCUT2D eigenvalue weighted by Gasteiger charge is -2.17. The molecule has 1 N–H and O–H groups in total. The predicted molar refractivity (Wildman–Crippen MR) is 103 cm³/mol. The molecule has 3 aromatic rings. The van der Waals surface area contributed by atoms with Gasteiger partial charge in [-0.25, -0.2) is 14.6 Å². The van der Waals surface area contributed by atoms with Crippen molar-refractivity contribution in [1.29, 1.82) is 0 Å². The highest BCUT2D eigenvalue weighted by atomic mass is 16.5. The molecule has 1 saturated heterocycles. The van der Waals surface area contributed by atoms with Crippen LogP contribution in [0.2, 0.25) is 0 Å². The second-order valence-electron chi connectivity index (χ2n) is 6.56. The number of anilines is 1. The van der Waals surface area contributed by atoms with Gasteiger partial charge >= 0.3 is 6.01 Å². The molecular weight excluding hydrogens is 358 g/mol. The van der Waals surface area contributed by atoms with Crippen LogP contribution in [-0.2, 0) is 7.05 Å². The van der Waals surface area contributed by atoms with Crippen LogP contribution >= 0.6 is 0 Å². The molecule has 2 aromatic heterocycles. The summed E-state index contributed by atoms with van der Waals surface area (Å²) in [5, 5.41) is 7.05. The van der Waals surface area contributed by atoms with Gasteiger partial charge in [0, 0.05) is 37.9 Å². The summed E-state index contributed by atoms with van der Waals surface area (Å²) < 4.78 is 6.48. The van der Waals surface area contributed by atoms with Crippen LogP contribution in [-0.4, -0.2) is 56.9 Å². The molecule has 1 fully saturated rings. The first-order chi connectivity index (χ1) is 13.6. The number of rotatable bonds is 5. The van der Waals surface area contributed by atoms with Gasteiger partial charge in [-0.3, -0.25) is 4.79 Å². The van der Waals surface area contributed by atoms with Gasteiger partial charge in [0.25, 0.3) is 5.91 Å². The Morgan fingerprint density at radius 2 is 2.04 bits per heavy atom. The van der Waals surface area contributed by atoms with Gasteiger partial charge in [-0.2, -0.15) is 4.98 Å². The van der Waals surface area contributed by atoms with E-state index in [0.29, 0.717) is 18.5 Å². The van der Waals surface area contributed by atoms with Crippen molar-refractivity contribution >= 4 is 11.9 Å². The molecule has 0 radical (unpaired) electrons. The summed E-state index contributed by atoms with van der Waals surface area (Å²) >= 11 is 0. The topological polar surface area (TPSA) is 98.1 Å². The van der Waals surface area contributed by atoms with Crippen molar-refractivity contribution < 1.29 is 9.53 Å². The van der Waals surface area contributed by atoms with Gasteiger partial charge in [0.15, 0.2) is 0 Å². The number of hydrogen-bond acceptors (Lipinski definition) is 7. The van der Waals surface area contributed by atoms with Gasteiger partial charge in [0.05, 0.1) is 12.8 Å². The highest BCUT2D eigenvalue weighted by Gasteiger charge is 2.27. The second-order valence-corrected chi connectivity index (χ2v) is 6.56. The number of carbonyl (C=O) groups is 1. The van der Waals surface area contributed by atoms with Crippen LogP contribution < -0.4 is 15.0 Å². The maximum Gasteiger partial charge on any atom is 0.314 e. The fraction of sp³-hybridized carbons (Fsp3) is 0.316. The number of nitrogens with zero attached hydrogens (tertiary/aromatic N) is 6. The first kappa shape index (κ1) is 17.9. The number of aryl methyl sites for hydroxylation is 1. The van der Waals surface area contributed by atoms with Crippen molar-refractivity contribution in [2.75, 3.05) is 25.1 Å². The summed E-state index contributed by atoms with van der Waals surface area (Å²) in [5.41, 5.74) is 1.92. The lowest BCUT2D eigenvalue weighted by molar-refractivity contribution is 0.0929. The minimum Gasteiger partial charge on any atom is -0.467 e. The molecule has 3 heterocycles. The van der Waals surface area contributed by atoms with Crippen molar-refractivity contribution in [2.24, 2.45) is 7.05 Å². The summed E-state index contributed by atoms with van der Waals surface area (Å²) in [5.74, 6) is 0.445. The number of methoxy groups -OCH3 is 1. The third-order valence-corrected chi connectivity index (χ3v) is 4.63. The molecule has 1 unspecified atom stereocenters. The molecule has 1 amide bonds. The van der Waals surface area contributed by atoms with Crippen molar-refractivity contribution in [3.05, 3.63) is 48.4 Å². The summed E-state index contributed by atoms with van der Waals surface area (Å²) in [4.78, 5) is 27.6. The minimum absolute atomic E-state index is 0.0220. The number of benzene rings is 1. The van der Waals surface area contributed by atoms with Gasteiger partial charge in [-0.15, -0.1) is 5.10 Å². The minimum atomic E-state index is -0.315. The predicted octanol–water partition coefficient (Wildman–Crippen LogP) is 1.29. The Morgan fingerprint density at radius 3 is 2.79 bits per heavy atom. The molecule has 0 saturated carbocycles. The highest BCUT2D eigenvalue weighted by molar-refractivity contribution is 5.90. The van der Waals surface area contributed by atoms with Crippen LogP contribution in [0.3, 0.4) is 0 Å². The molecule has 4 rings (SSSR count). The van der Waals surface area contributed by atoms with E-state index in [1.807, 2.05) is 36.4 Å². The second kappa shape index (κ2) is 7.63. The molecular formula is C19H21N7O2. The number of hydrogen-bond donors (Lipinski definition) is 1. The smallest absolute Gasteiger partial charge is 0.314 e. The van der Waals surface area contributed by atoms with Crippen LogP contribution in [0.5, 0.6) is 6.01 Å². The number of amides is 1. The molecule has 1 aliphatic rings. The van der Waals surface area contributed by atoms with E-state index in [1.54, 1.807) is 13.2 Å². The Balaban J connectivity index is 1.42. The summed E-state index contributed by atoms with van der Waals surface area (Å²) in [6.45, 7) is 1.40. The van der Waals surface area contributed by atoms with E-state index in [0.717, 1.165) is 24.2 Å². The summed E-state index contributed by atoms with van der Waals surface area (Å²) in [7, 11) is 3.17. The van der Waals surface area contributed by atoms with Gasteiger partial charge in [-0.1, -0.05) is 30.3 Å². The largest absolute Gasteiger partial charge is 0.467 e. The molecule has 144 valence electrons. The molecule has 0 spiro atoms. The molecule has 9 nitrogen and oxygen atoms in total. The van der Waals surface area contributed by atoms with E-state index in [1.165, 1.54) is 11.8 Å². The maximum absolute atomic E-state index is 12.4. The van der Waals surface area contributed by atoms with Crippen molar-refractivity contribution in [3.8, 4) is 17.3 Å². The molecule has 28 heavy (non-hydrogen) atoms. The molecule has 1 aromatic carbocycles. The van der Waals surface area contributed by atoms with Gasteiger partial charge in [0.1, 0.15) is 0 Å². The van der Waals surface area contributed by atoms with Crippen LogP contribution in [0.25, 0.3) is 11.3 Å². The zero-order valence-electron chi connectivity index (χ0n) is 15.7. The van der Waals surface area contributed by atoms with E-state index in [-0.39, 0.29) is 17.8 Å². The summed E-state index contributed by atoms with van der Waals surface area (Å²) in [6, 6.07) is 12.2. The van der Waals surface area contributed by atoms with Crippen LogP contribution in [0.1, 0.15) is 17.0 Å². The van der Waals surface area contributed by atoms with Crippen LogP contribution in [0, 0.1) is 0 Å². The van der Waals surface area contributed by atoms with Gasteiger partial charge in [0.2, 0.25) is 11.8 Å². The zero-order chi connectivity index (χ0) is 19.5. The molecule has 0 aliphatic carbocycles. The Bertz CT molecular complexity index is 973. The Labute approximate surface area is 162 Å². The molecule has 9 heteroatoms. The molecule has 0 bridgehead atoms. The van der Waals surface area contributed by atoms with Gasteiger partial charge in [-0.05, 0) is 12.5 Å². The highest BCUT2D eigenvalue weighted by Crippen LogP contribution is 2.21. The average Bonchev–Trinajstić information content (AvgIpc) is 3.35. The zero-order valence-corrected chi connectivity index (χ0v) is 15.7. The SMILES string of the molecule is COc1nc(C(=O)NC2CCN(c3nccc(-c4ccccc4)n3)C2)nn1C. The average molecular weight is 379 g/mol. The first-order valence-electron chi connectivity index (χ1n) is 9.03. The van der Waals surface area contributed by atoms with Crippen molar-refractivity contribution in [3.63, 3.8) is 0 Å². The Morgan fingerprint density at radius 1 is 1.21 bits per heavy atom. The van der Waals surface area contributed by atoms with E-state index in [9.17, 15) is 4.79 Å². The Hall–Kier alpha value is -3.49. The van der Waals surface area contributed by atoms with E-state index >= 15 is 0 Å². The third kappa shape index (κ3) is 3.64.